The number of carbonyl (C=O) groups is 1. The first-order valence-electron chi connectivity index (χ1n) is 7.96. The molecule has 7 heteroatoms. The molecule has 1 aliphatic heterocycles. The fourth-order valence-corrected chi connectivity index (χ4v) is 3.08. The maximum atomic E-state index is 12.4. The van der Waals surface area contributed by atoms with Crippen LogP contribution in [0.4, 0.5) is 5.95 Å². The Kier molecular flexibility index (Phi) is 4.66. The van der Waals surface area contributed by atoms with Crippen LogP contribution in [0.15, 0.2) is 30.9 Å². The smallest absolute Gasteiger partial charge is 0.243 e. The van der Waals surface area contributed by atoms with Gasteiger partial charge in [0.15, 0.2) is 0 Å². The summed E-state index contributed by atoms with van der Waals surface area (Å²) in [4.78, 5) is 22.8. The summed E-state index contributed by atoms with van der Waals surface area (Å²) in [5.41, 5.74) is 1.15. The molecule has 2 atom stereocenters. The van der Waals surface area contributed by atoms with E-state index in [2.05, 4.69) is 25.3 Å². The Morgan fingerprint density at radius 1 is 1.43 bits per heavy atom. The monoisotopic (exact) mass is 314 g/mol. The van der Waals surface area contributed by atoms with Crippen molar-refractivity contribution in [2.24, 2.45) is 0 Å². The van der Waals surface area contributed by atoms with Gasteiger partial charge in [-0.2, -0.15) is 5.10 Å². The summed E-state index contributed by atoms with van der Waals surface area (Å²) >= 11 is 0. The summed E-state index contributed by atoms with van der Waals surface area (Å²) in [6.07, 6.45) is 9.32. The number of hydrogen-bond donors (Lipinski definition) is 1. The lowest BCUT2D eigenvalue weighted by molar-refractivity contribution is -0.121. The molecule has 0 spiro atoms. The molecule has 3 rings (SSSR count). The lowest BCUT2D eigenvalue weighted by Crippen LogP contribution is -2.46. The first-order valence-corrected chi connectivity index (χ1v) is 7.96. The third-order valence-electron chi connectivity index (χ3n) is 4.26. The molecule has 2 aromatic rings. The Balaban J connectivity index is 1.63. The highest BCUT2D eigenvalue weighted by Gasteiger charge is 2.32. The summed E-state index contributed by atoms with van der Waals surface area (Å²) < 4.78 is 1.96. The molecule has 1 saturated heterocycles. The third-order valence-corrected chi connectivity index (χ3v) is 4.26. The number of carbonyl (C=O) groups excluding carboxylic acids is 1. The van der Waals surface area contributed by atoms with Crippen LogP contribution in [0.1, 0.15) is 25.3 Å². The van der Waals surface area contributed by atoms with E-state index >= 15 is 0 Å². The van der Waals surface area contributed by atoms with Crippen LogP contribution in [0.3, 0.4) is 0 Å². The van der Waals surface area contributed by atoms with E-state index in [-0.39, 0.29) is 11.9 Å². The summed E-state index contributed by atoms with van der Waals surface area (Å²) in [7, 11) is 0. The van der Waals surface area contributed by atoms with Crippen molar-refractivity contribution < 1.29 is 4.79 Å². The number of rotatable bonds is 5. The van der Waals surface area contributed by atoms with E-state index in [1.54, 1.807) is 18.5 Å². The molecule has 0 bridgehead atoms. The normalized spacial score (nSPS) is 19.7. The van der Waals surface area contributed by atoms with Gasteiger partial charge in [0, 0.05) is 24.6 Å². The first kappa shape index (κ1) is 15.6. The molecule has 1 N–H and O–H groups in total. The number of aryl methyl sites for hydroxylation is 1. The van der Waals surface area contributed by atoms with Crippen molar-refractivity contribution in [1.29, 1.82) is 0 Å². The van der Waals surface area contributed by atoms with Gasteiger partial charge in [0.05, 0.1) is 18.8 Å². The largest absolute Gasteiger partial charge is 0.293 e. The standard InChI is InChI=1S/C16H22N6O/c1-12-9-19-21(10-12)11-14-5-3-8-22(14)13(2)15(23)20-16-17-6-4-7-18-16/h4,6-7,9-10,13-14H,3,5,8,11H2,1-2H3,(H,17,18,20,23)/t13-,14-/m1/s1. The lowest BCUT2D eigenvalue weighted by Gasteiger charge is -2.29. The van der Waals surface area contributed by atoms with Crippen LogP contribution in [0, 0.1) is 6.92 Å². The fourth-order valence-electron chi connectivity index (χ4n) is 3.08. The van der Waals surface area contributed by atoms with Gasteiger partial charge in [0.2, 0.25) is 11.9 Å². The Morgan fingerprint density at radius 3 is 2.91 bits per heavy atom. The molecule has 3 heterocycles. The van der Waals surface area contributed by atoms with Gasteiger partial charge in [-0.25, -0.2) is 9.97 Å². The average molecular weight is 314 g/mol. The van der Waals surface area contributed by atoms with Gasteiger partial charge in [0.1, 0.15) is 0 Å². The Labute approximate surface area is 135 Å². The quantitative estimate of drug-likeness (QED) is 0.904. The molecule has 7 nitrogen and oxygen atoms in total. The zero-order chi connectivity index (χ0) is 16.2. The van der Waals surface area contributed by atoms with Crippen molar-refractivity contribution in [1.82, 2.24) is 24.6 Å². The van der Waals surface area contributed by atoms with E-state index in [9.17, 15) is 4.79 Å². The van der Waals surface area contributed by atoms with E-state index in [1.165, 1.54) is 0 Å². The van der Waals surface area contributed by atoms with Crippen LogP contribution in [0.5, 0.6) is 0 Å². The second kappa shape index (κ2) is 6.87. The van der Waals surface area contributed by atoms with E-state index in [4.69, 9.17) is 0 Å². The van der Waals surface area contributed by atoms with Gasteiger partial charge in [0.25, 0.3) is 0 Å². The number of aromatic nitrogens is 4. The second-order valence-electron chi connectivity index (χ2n) is 6.01. The number of anilines is 1. The SMILES string of the molecule is Cc1cnn(C[C@H]2CCCN2[C@H](C)C(=O)Nc2ncccn2)c1. The minimum Gasteiger partial charge on any atom is -0.293 e. The molecule has 122 valence electrons. The molecule has 1 amide bonds. The fraction of sp³-hybridized carbons (Fsp3) is 0.500. The Hall–Kier alpha value is -2.28. The molecule has 0 saturated carbocycles. The number of nitrogens with one attached hydrogen (secondary N) is 1. The van der Waals surface area contributed by atoms with Gasteiger partial charge in [-0.3, -0.25) is 19.7 Å². The summed E-state index contributed by atoms with van der Waals surface area (Å²) in [5, 5.41) is 7.14. The molecule has 1 aliphatic rings. The molecular formula is C16H22N6O. The number of likely N-dealkylation sites (tertiary alicyclic amines) is 1. The van der Waals surface area contributed by atoms with Crippen LogP contribution in [-0.2, 0) is 11.3 Å². The summed E-state index contributed by atoms with van der Waals surface area (Å²) in [5.74, 6) is 0.280. The Bertz CT molecular complexity index is 656. The van der Waals surface area contributed by atoms with Crippen molar-refractivity contribution in [3.8, 4) is 0 Å². The van der Waals surface area contributed by atoms with E-state index in [1.807, 2.05) is 30.9 Å². The van der Waals surface area contributed by atoms with Gasteiger partial charge in [-0.1, -0.05) is 0 Å². The topological polar surface area (TPSA) is 75.9 Å². The molecule has 23 heavy (non-hydrogen) atoms. The number of hydrogen-bond acceptors (Lipinski definition) is 5. The van der Waals surface area contributed by atoms with Crippen LogP contribution in [0.2, 0.25) is 0 Å². The second-order valence-corrected chi connectivity index (χ2v) is 6.01. The van der Waals surface area contributed by atoms with Crippen molar-refractivity contribution in [3.05, 3.63) is 36.4 Å². The average Bonchev–Trinajstić information content (AvgIpc) is 3.17. The number of amides is 1. The predicted octanol–water partition coefficient (Wildman–Crippen LogP) is 1.47. The van der Waals surface area contributed by atoms with E-state index in [0.717, 1.165) is 31.5 Å². The third kappa shape index (κ3) is 3.73. The molecule has 0 aromatic carbocycles. The van der Waals surface area contributed by atoms with Crippen LogP contribution in [0.25, 0.3) is 0 Å². The maximum Gasteiger partial charge on any atom is 0.243 e. The van der Waals surface area contributed by atoms with Gasteiger partial charge in [-0.15, -0.1) is 0 Å². The van der Waals surface area contributed by atoms with Gasteiger partial charge >= 0.3 is 0 Å². The van der Waals surface area contributed by atoms with Crippen LogP contribution < -0.4 is 5.32 Å². The molecule has 1 fully saturated rings. The van der Waals surface area contributed by atoms with Crippen LogP contribution >= 0.6 is 0 Å². The predicted molar refractivity (Wildman–Crippen MR) is 86.8 cm³/mol. The van der Waals surface area contributed by atoms with E-state index < -0.39 is 0 Å². The minimum absolute atomic E-state index is 0.0697. The number of nitrogens with zero attached hydrogens (tertiary/aromatic N) is 5. The highest BCUT2D eigenvalue weighted by Crippen LogP contribution is 2.22. The zero-order valence-corrected chi connectivity index (χ0v) is 13.5. The van der Waals surface area contributed by atoms with Gasteiger partial charge in [-0.05, 0) is 44.9 Å². The highest BCUT2D eigenvalue weighted by molar-refractivity contribution is 5.93. The first-order chi connectivity index (χ1) is 11.1. The summed E-state index contributed by atoms with van der Waals surface area (Å²) in [6.45, 7) is 5.71. The lowest BCUT2D eigenvalue weighted by atomic mass is 10.2. The van der Waals surface area contributed by atoms with Gasteiger partial charge < -0.3 is 0 Å². The van der Waals surface area contributed by atoms with Crippen molar-refractivity contribution in [2.75, 3.05) is 11.9 Å². The molecule has 2 aromatic heterocycles. The van der Waals surface area contributed by atoms with Crippen molar-refractivity contribution in [2.45, 2.75) is 45.3 Å². The molecule has 0 aliphatic carbocycles. The molecular weight excluding hydrogens is 292 g/mol. The molecule has 0 unspecified atom stereocenters. The van der Waals surface area contributed by atoms with Crippen LogP contribution in [-0.4, -0.2) is 49.2 Å². The minimum atomic E-state index is -0.219. The maximum absolute atomic E-state index is 12.4. The molecule has 0 radical (unpaired) electrons. The highest BCUT2D eigenvalue weighted by atomic mass is 16.2. The Morgan fingerprint density at radius 2 is 2.22 bits per heavy atom. The van der Waals surface area contributed by atoms with Crippen molar-refractivity contribution >= 4 is 11.9 Å². The summed E-state index contributed by atoms with van der Waals surface area (Å²) in [6, 6.07) is 1.83. The van der Waals surface area contributed by atoms with E-state index in [0.29, 0.717) is 12.0 Å². The van der Waals surface area contributed by atoms with Crippen molar-refractivity contribution in [3.63, 3.8) is 0 Å². The zero-order valence-electron chi connectivity index (χ0n) is 13.5.